The molecule has 2 aliphatic rings. The lowest BCUT2D eigenvalue weighted by Crippen LogP contribution is -2.60. The van der Waals surface area contributed by atoms with Crippen molar-refractivity contribution in [3.63, 3.8) is 0 Å². The molecule has 0 aliphatic carbocycles. The first-order valence-electron chi connectivity index (χ1n) is 8.18. The molecule has 1 unspecified atom stereocenters. The topological polar surface area (TPSA) is 87.1 Å². The van der Waals surface area contributed by atoms with Crippen molar-refractivity contribution in [2.75, 3.05) is 13.1 Å². The third-order valence-electron chi connectivity index (χ3n) is 5.08. The number of carbonyl (C=O) groups is 2. The van der Waals surface area contributed by atoms with Gasteiger partial charge in [0.05, 0.1) is 11.5 Å². The van der Waals surface area contributed by atoms with Gasteiger partial charge in [-0.3, -0.25) is 4.79 Å². The molecule has 130 valence electrons. The second-order valence-corrected chi connectivity index (χ2v) is 7.78. The molecule has 1 fully saturated rings. The van der Waals surface area contributed by atoms with E-state index < -0.39 is 17.6 Å². The lowest BCUT2D eigenvalue weighted by atomic mass is 9.62. The van der Waals surface area contributed by atoms with Crippen LogP contribution in [-0.4, -0.2) is 45.7 Å². The quantitative estimate of drug-likeness (QED) is 0.761. The van der Waals surface area contributed by atoms with Crippen LogP contribution in [0, 0.1) is 11.3 Å². The minimum absolute atomic E-state index is 0.0370. The van der Waals surface area contributed by atoms with Gasteiger partial charge in [0.25, 0.3) is 0 Å². The van der Waals surface area contributed by atoms with Crippen molar-refractivity contribution in [1.29, 1.82) is 0 Å². The van der Waals surface area contributed by atoms with Gasteiger partial charge in [-0.15, -0.1) is 0 Å². The lowest BCUT2D eigenvalue weighted by Gasteiger charge is -2.51. The van der Waals surface area contributed by atoms with Crippen LogP contribution in [0.25, 0.3) is 0 Å². The van der Waals surface area contributed by atoms with E-state index in [-0.39, 0.29) is 16.9 Å². The van der Waals surface area contributed by atoms with Crippen LogP contribution in [0.15, 0.2) is 18.2 Å². The van der Waals surface area contributed by atoms with E-state index in [2.05, 4.69) is 0 Å². The highest BCUT2D eigenvalue weighted by molar-refractivity contribution is 6.03. The Labute approximate surface area is 141 Å². The summed E-state index contributed by atoms with van der Waals surface area (Å²) in [4.78, 5) is 25.7. The number of rotatable bonds is 0. The maximum atomic E-state index is 13.2. The van der Waals surface area contributed by atoms with Crippen LogP contribution < -0.4 is 4.74 Å². The van der Waals surface area contributed by atoms with E-state index in [9.17, 15) is 19.8 Å². The van der Waals surface area contributed by atoms with Gasteiger partial charge in [0.1, 0.15) is 17.1 Å². The Bertz CT molecular complexity index is 683. The molecule has 24 heavy (non-hydrogen) atoms. The molecule has 1 atom stereocenters. The minimum Gasteiger partial charge on any atom is -0.508 e. The molecule has 1 spiro atoms. The van der Waals surface area contributed by atoms with Crippen LogP contribution >= 0.6 is 0 Å². The second-order valence-electron chi connectivity index (χ2n) is 7.78. The molecule has 1 aromatic carbocycles. The first-order valence-corrected chi connectivity index (χ1v) is 8.18. The fraction of sp³-hybridized carbons (Fsp3) is 0.556. The summed E-state index contributed by atoms with van der Waals surface area (Å²) >= 11 is 0. The molecule has 1 amide bonds. The van der Waals surface area contributed by atoms with E-state index >= 15 is 0 Å². The number of Topliss-reactive ketones (excluding diaryl/α,β-unsaturated/α-hetero) is 1. The molecule has 3 rings (SSSR count). The number of amides is 1. The average molecular weight is 333 g/mol. The van der Waals surface area contributed by atoms with Gasteiger partial charge in [-0.1, -0.05) is 20.8 Å². The van der Waals surface area contributed by atoms with Crippen LogP contribution in [-0.2, 0) is 0 Å². The number of fused-ring (bicyclic) bond motifs is 1. The normalized spacial score (nSPS) is 22.9. The van der Waals surface area contributed by atoms with Gasteiger partial charge in [-0.25, -0.2) is 4.79 Å². The Balaban J connectivity index is 2.03. The maximum absolute atomic E-state index is 13.2. The van der Waals surface area contributed by atoms with Gasteiger partial charge in [-0.2, -0.15) is 0 Å². The summed E-state index contributed by atoms with van der Waals surface area (Å²) in [7, 11) is 0. The number of phenolic OH excluding ortho intramolecular Hbond substituents is 1. The molecule has 6 nitrogen and oxygen atoms in total. The lowest BCUT2D eigenvalue weighted by molar-refractivity contribution is -0.0696. The molecule has 6 heteroatoms. The molecule has 0 radical (unpaired) electrons. The fourth-order valence-electron chi connectivity index (χ4n) is 4.12. The van der Waals surface area contributed by atoms with E-state index in [1.165, 1.54) is 17.0 Å². The number of ketones is 1. The fourth-order valence-corrected chi connectivity index (χ4v) is 4.12. The third kappa shape index (κ3) is 2.60. The zero-order chi connectivity index (χ0) is 17.7. The average Bonchev–Trinajstić information content (AvgIpc) is 2.47. The first-order chi connectivity index (χ1) is 11.1. The molecule has 0 aromatic heterocycles. The predicted molar refractivity (Wildman–Crippen MR) is 87.6 cm³/mol. The number of hydrogen-bond acceptors (Lipinski definition) is 4. The monoisotopic (exact) mass is 333 g/mol. The van der Waals surface area contributed by atoms with E-state index in [1.54, 1.807) is 6.07 Å². The molecule has 0 saturated carbocycles. The highest BCUT2D eigenvalue weighted by Crippen LogP contribution is 2.50. The third-order valence-corrected chi connectivity index (χ3v) is 5.08. The minimum atomic E-state index is -0.940. The van der Waals surface area contributed by atoms with Crippen molar-refractivity contribution in [3.05, 3.63) is 23.8 Å². The number of nitrogens with zero attached hydrogens (tertiary/aromatic N) is 1. The second kappa shape index (κ2) is 5.40. The SMILES string of the molecule is CC(C)(C)C1C(=O)c2cc(O)ccc2OC12CCN(C(=O)O)CC2. The number of piperidine rings is 1. The Kier molecular flexibility index (Phi) is 3.73. The summed E-state index contributed by atoms with van der Waals surface area (Å²) in [6.07, 6.45) is 0.0187. The molecular formula is C18H23NO5. The first kappa shape index (κ1) is 16.6. The summed E-state index contributed by atoms with van der Waals surface area (Å²) in [5, 5.41) is 18.9. The number of phenols is 1. The Morgan fingerprint density at radius 1 is 1.29 bits per heavy atom. The zero-order valence-electron chi connectivity index (χ0n) is 14.2. The van der Waals surface area contributed by atoms with Gasteiger partial charge < -0.3 is 19.8 Å². The van der Waals surface area contributed by atoms with Crippen LogP contribution in [0.4, 0.5) is 4.79 Å². The molecule has 2 N–H and O–H groups in total. The summed E-state index contributed by atoms with van der Waals surface area (Å²) in [6.45, 7) is 6.69. The number of carbonyl (C=O) groups excluding carboxylic acids is 1. The van der Waals surface area contributed by atoms with Crippen LogP contribution in [0.3, 0.4) is 0 Å². The molecule has 1 aromatic rings. The van der Waals surface area contributed by atoms with E-state index in [0.717, 1.165) is 0 Å². The highest BCUT2D eigenvalue weighted by Gasteiger charge is 2.55. The Hall–Kier alpha value is -2.24. The molecular weight excluding hydrogens is 310 g/mol. The number of likely N-dealkylation sites (tertiary alicyclic amines) is 1. The maximum Gasteiger partial charge on any atom is 0.407 e. The van der Waals surface area contributed by atoms with Crippen LogP contribution in [0.1, 0.15) is 44.0 Å². The van der Waals surface area contributed by atoms with Gasteiger partial charge in [0.15, 0.2) is 5.78 Å². The van der Waals surface area contributed by atoms with Crippen molar-refractivity contribution >= 4 is 11.9 Å². The number of ether oxygens (including phenoxy) is 1. The number of hydrogen-bond donors (Lipinski definition) is 2. The summed E-state index contributed by atoms with van der Waals surface area (Å²) in [5.74, 6) is 0.0794. The number of aromatic hydroxyl groups is 1. The summed E-state index contributed by atoms with van der Waals surface area (Å²) in [5.41, 5.74) is -0.641. The van der Waals surface area contributed by atoms with Gasteiger partial charge in [-0.05, 0) is 23.6 Å². The largest absolute Gasteiger partial charge is 0.508 e. The zero-order valence-corrected chi connectivity index (χ0v) is 14.2. The van der Waals surface area contributed by atoms with Gasteiger partial charge in [0.2, 0.25) is 0 Å². The van der Waals surface area contributed by atoms with E-state index in [0.29, 0.717) is 37.2 Å². The van der Waals surface area contributed by atoms with Gasteiger partial charge in [0, 0.05) is 25.9 Å². The van der Waals surface area contributed by atoms with E-state index in [1.807, 2.05) is 20.8 Å². The van der Waals surface area contributed by atoms with Crippen LogP contribution in [0.2, 0.25) is 0 Å². The van der Waals surface area contributed by atoms with Crippen molar-refractivity contribution < 1.29 is 24.5 Å². The van der Waals surface area contributed by atoms with Crippen molar-refractivity contribution in [2.45, 2.75) is 39.2 Å². The van der Waals surface area contributed by atoms with Gasteiger partial charge >= 0.3 is 6.09 Å². The Morgan fingerprint density at radius 2 is 1.92 bits per heavy atom. The number of carboxylic acid groups (broad SMARTS) is 1. The summed E-state index contributed by atoms with van der Waals surface area (Å²) < 4.78 is 6.30. The predicted octanol–water partition coefficient (Wildman–Crippen LogP) is 3.14. The van der Waals surface area contributed by atoms with Crippen molar-refractivity contribution in [2.24, 2.45) is 11.3 Å². The molecule has 2 aliphatic heterocycles. The smallest absolute Gasteiger partial charge is 0.407 e. The van der Waals surface area contributed by atoms with E-state index in [4.69, 9.17) is 4.74 Å². The molecule has 0 bridgehead atoms. The summed E-state index contributed by atoms with van der Waals surface area (Å²) in [6, 6.07) is 4.58. The van der Waals surface area contributed by atoms with Crippen LogP contribution in [0.5, 0.6) is 11.5 Å². The number of benzene rings is 1. The molecule has 1 saturated heterocycles. The van der Waals surface area contributed by atoms with Crippen molar-refractivity contribution in [1.82, 2.24) is 4.90 Å². The van der Waals surface area contributed by atoms with Crippen molar-refractivity contribution in [3.8, 4) is 11.5 Å². The molecule has 2 heterocycles. The standard InChI is InChI=1S/C18H23NO5/c1-17(2,3)15-14(21)12-10-11(20)4-5-13(12)24-18(15)6-8-19(9-7-18)16(22)23/h4-5,10,15,20H,6-9H2,1-3H3,(H,22,23). The highest BCUT2D eigenvalue weighted by atomic mass is 16.5. The Morgan fingerprint density at radius 3 is 2.46 bits per heavy atom.